The van der Waals surface area contributed by atoms with Crippen LogP contribution < -0.4 is 11.1 Å². The summed E-state index contributed by atoms with van der Waals surface area (Å²) >= 11 is 0. The number of aromatic nitrogens is 3. The van der Waals surface area contributed by atoms with Gasteiger partial charge in [0.15, 0.2) is 5.65 Å². The number of nitrogens with two attached hydrogens (primary N) is 1. The van der Waals surface area contributed by atoms with Crippen molar-refractivity contribution in [3.05, 3.63) is 29.8 Å². The topological polar surface area (TPSA) is 85.8 Å². The van der Waals surface area contributed by atoms with Gasteiger partial charge in [-0.1, -0.05) is 38.3 Å². The third-order valence-corrected chi connectivity index (χ3v) is 5.69. The smallest absolute Gasteiger partial charge is 0.257 e. The molecule has 0 bridgehead atoms. The van der Waals surface area contributed by atoms with Crippen LogP contribution >= 0.6 is 0 Å². The van der Waals surface area contributed by atoms with Crippen molar-refractivity contribution in [3.63, 3.8) is 0 Å². The molecule has 0 radical (unpaired) electrons. The van der Waals surface area contributed by atoms with E-state index in [0.29, 0.717) is 16.9 Å². The lowest BCUT2D eigenvalue weighted by atomic mass is 9.95. The third-order valence-electron chi connectivity index (χ3n) is 5.69. The molecule has 0 spiro atoms. The second kappa shape index (κ2) is 7.18. The minimum atomic E-state index is -0.161. The quantitative estimate of drug-likeness (QED) is 0.725. The zero-order chi connectivity index (χ0) is 19.0. The van der Waals surface area contributed by atoms with Crippen molar-refractivity contribution in [2.75, 3.05) is 5.73 Å². The molecule has 1 saturated carbocycles. The first kappa shape index (κ1) is 17.8. The average Bonchev–Trinajstić information content (AvgIpc) is 2.97. The molecule has 1 aliphatic rings. The van der Waals surface area contributed by atoms with E-state index < -0.39 is 0 Å². The molecule has 3 aromatic rings. The van der Waals surface area contributed by atoms with E-state index in [4.69, 9.17) is 15.7 Å². The summed E-state index contributed by atoms with van der Waals surface area (Å²) in [6.45, 7) is 4.04. The summed E-state index contributed by atoms with van der Waals surface area (Å²) in [5, 5.41) is 3.04. The Labute approximate surface area is 159 Å². The summed E-state index contributed by atoms with van der Waals surface area (Å²) < 4.78 is 2.07. The van der Waals surface area contributed by atoms with Gasteiger partial charge < -0.3 is 15.6 Å². The summed E-state index contributed by atoms with van der Waals surface area (Å²) in [6.07, 6.45) is 6.61. The van der Waals surface area contributed by atoms with Crippen LogP contribution in [0.15, 0.2) is 24.3 Å². The average molecular weight is 365 g/mol. The largest absolute Gasteiger partial charge is 0.384 e. The molecule has 0 aliphatic heterocycles. The maximum Gasteiger partial charge on any atom is 0.257 e. The van der Waals surface area contributed by atoms with Crippen LogP contribution in [0.5, 0.6) is 0 Å². The number of anilines is 1. The Morgan fingerprint density at radius 2 is 1.89 bits per heavy atom. The summed E-state index contributed by atoms with van der Waals surface area (Å²) in [6, 6.07) is 8.13. The van der Waals surface area contributed by atoms with Crippen molar-refractivity contribution >= 4 is 33.9 Å². The Kier molecular flexibility index (Phi) is 4.72. The highest BCUT2D eigenvalue weighted by Gasteiger charge is 2.28. The lowest BCUT2D eigenvalue weighted by Gasteiger charge is -2.25. The number of hydrogen-bond donors (Lipinski definition) is 2. The van der Waals surface area contributed by atoms with Gasteiger partial charge in [-0.2, -0.15) is 0 Å². The van der Waals surface area contributed by atoms with Gasteiger partial charge in [0.1, 0.15) is 16.9 Å². The van der Waals surface area contributed by atoms with Gasteiger partial charge in [-0.05, 0) is 38.3 Å². The fourth-order valence-electron chi connectivity index (χ4n) is 4.01. The van der Waals surface area contributed by atoms with Gasteiger partial charge in [-0.3, -0.25) is 4.79 Å². The van der Waals surface area contributed by atoms with Gasteiger partial charge in [0, 0.05) is 12.1 Å². The number of benzene rings is 1. The molecule has 6 nitrogen and oxygen atoms in total. The molecule has 4 rings (SSSR count). The molecular weight excluding hydrogens is 338 g/mol. The Balaban J connectivity index is 1.93. The van der Waals surface area contributed by atoms with Gasteiger partial charge in [0.05, 0.1) is 11.0 Å². The molecule has 2 aromatic heterocycles. The fourth-order valence-corrected chi connectivity index (χ4v) is 4.01. The minimum Gasteiger partial charge on any atom is -0.384 e. The van der Waals surface area contributed by atoms with Gasteiger partial charge in [0.25, 0.3) is 5.91 Å². The van der Waals surface area contributed by atoms with Gasteiger partial charge in [-0.15, -0.1) is 0 Å². The maximum absolute atomic E-state index is 13.0. The van der Waals surface area contributed by atoms with Crippen molar-refractivity contribution in [2.45, 2.75) is 64.5 Å². The summed E-state index contributed by atoms with van der Waals surface area (Å²) in [4.78, 5) is 22.6. The maximum atomic E-state index is 13.0. The van der Waals surface area contributed by atoms with E-state index >= 15 is 0 Å². The minimum absolute atomic E-state index is 0.0818. The second-order valence-electron chi connectivity index (χ2n) is 7.59. The van der Waals surface area contributed by atoms with E-state index in [1.165, 1.54) is 19.3 Å². The van der Waals surface area contributed by atoms with Crippen molar-refractivity contribution in [2.24, 2.45) is 0 Å². The van der Waals surface area contributed by atoms with Crippen LogP contribution in [-0.2, 0) is 0 Å². The van der Waals surface area contributed by atoms with Crippen LogP contribution in [0, 0.1) is 0 Å². The van der Waals surface area contributed by atoms with Gasteiger partial charge in [0.2, 0.25) is 0 Å². The normalized spacial score (nSPS) is 16.7. The fraction of sp³-hybridized carbons (Fsp3) is 0.476. The molecule has 142 valence electrons. The summed E-state index contributed by atoms with van der Waals surface area (Å²) in [7, 11) is 0. The molecule has 1 fully saturated rings. The van der Waals surface area contributed by atoms with Crippen LogP contribution in [0.3, 0.4) is 0 Å². The molecule has 2 heterocycles. The monoisotopic (exact) mass is 365 g/mol. The number of amides is 1. The lowest BCUT2D eigenvalue weighted by Crippen LogP contribution is -2.32. The van der Waals surface area contributed by atoms with Crippen molar-refractivity contribution < 1.29 is 4.79 Å². The van der Waals surface area contributed by atoms with E-state index in [-0.39, 0.29) is 18.0 Å². The number of nitrogen functional groups attached to an aromatic ring is 1. The van der Waals surface area contributed by atoms with Crippen molar-refractivity contribution in [1.82, 2.24) is 19.9 Å². The Hall–Kier alpha value is -2.63. The van der Waals surface area contributed by atoms with Crippen LogP contribution in [0.1, 0.15) is 68.8 Å². The van der Waals surface area contributed by atoms with Gasteiger partial charge in [-0.25, -0.2) is 9.97 Å². The van der Waals surface area contributed by atoms with Crippen LogP contribution in [0.25, 0.3) is 22.2 Å². The van der Waals surface area contributed by atoms with Crippen molar-refractivity contribution in [3.8, 4) is 0 Å². The number of carbonyl (C=O) groups excluding carboxylic acids is 1. The summed E-state index contributed by atoms with van der Waals surface area (Å²) in [5.41, 5.74) is 9.96. The number of hydrogen-bond acceptors (Lipinski definition) is 4. The standard InChI is InChI=1S/C21H27N5O/c1-3-13(2)23-21(27)17-18-20(25-16-12-8-7-11-15(16)24-18)26(19(17)22)14-9-5-4-6-10-14/h7-8,11-14H,3-6,9-10,22H2,1-2H3,(H,23,27)/t13-/m1/s1. The van der Waals surface area contributed by atoms with E-state index in [1.54, 1.807) is 0 Å². The highest BCUT2D eigenvalue weighted by atomic mass is 16.1. The number of nitrogens with one attached hydrogen (secondary N) is 1. The number of carbonyl (C=O) groups is 1. The molecule has 1 atom stereocenters. The van der Waals surface area contributed by atoms with Crippen LogP contribution in [-0.4, -0.2) is 26.5 Å². The van der Waals surface area contributed by atoms with E-state index in [2.05, 4.69) is 9.88 Å². The molecule has 6 heteroatoms. The Morgan fingerprint density at radius 1 is 1.22 bits per heavy atom. The van der Waals surface area contributed by atoms with E-state index in [0.717, 1.165) is 35.9 Å². The Bertz CT molecular complexity index is 987. The molecule has 0 saturated heterocycles. The highest BCUT2D eigenvalue weighted by Crippen LogP contribution is 2.37. The number of rotatable bonds is 4. The summed E-state index contributed by atoms with van der Waals surface area (Å²) in [5.74, 6) is 0.332. The SMILES string of the molecule is CC[C@@H](C)NC(=O)c1c(N)n(C2CCCCC2)c2nc3ccccc3nc12. The zero-order valence-corrected chi connectivity index (χ0v) is 16.0. The van der Waals surface area contributed by atoms with Crippen molar-refractivity contribution in [1.29, 1.82) is 0 Å². The van der Waals surface area contributed by atoms with Crippen LogP contribution in [0.4, 0.5) is 5.82 Å². The lowest BCUT2D eigenvalue weighted by molar-refractivity contribution is 0.0941. The molecule has 27 heavy (non-hydrogen) atoms. The molecule has 1 amide bonds. The second-order valence-corrected chi connectivity index (χ2v) is 7.59. The molecule has 1 aromatic carbocycles. The predicted octanol–water partition coefficient (Wildman–Crippen LogP) is 4.20. The molecule has 0 unspecified atom stereocenters. The first-order valence-corrected chi connectivity index (χ1v) is 9.97. The zero-order valence-electron chi connectivity index (χ0n) is 16.0. The number of fused-ring (bicyclic) bond motifs is 2. The molecule has 1 aliphatic carbocycles. The van der Waals surface area contributed by atoms with Gasteiger partial charge >= 0.3 is 0 Å². The van der Waals surface area contributed by atoms with E-state index in [1.807, 2.05) is 38.1 Å². The Morgan fingerprint density at radius 3 is 2.56 bits per heavy atom. The van der Waals surface area contributed by atoms with E-state index in [9.17, 15) is 4.79 Å². The predicted molar refractivity (Wildman–Crippen MR) is 109 cm³/mol. The first-order valence-electron chi connectivity index (χ1n) is 9.97. The number of para-hydroxylation sites is 2. The molecule has 3 N–H and O–H groups in total. The first-order chi connectivity index (χ1) is 13.1. The van der Waals surface area contributed by atoms with Crippen LogP contribution in [0.2, 0.25) is 0 Å². The number of nitrogens with zero attached hydrogens (tertiary/aromatic N) is 3. The highest BCUT2D eigenvalue weighted by molar-refractivity contribution is 6.10. The molecular formula is C21H27N5O. The third kappa shape index (κ3) is 3.13.